The predicted molar refractivity (Wildman–Crippen MR) is 75.7 cm³/mol. The number of carbonyl (C=O) groups is 1. The number of rotatable bonds is 7. The molecular weight excluding hydrogens is 226 g/mol. The maximum atomic E-state index is 11.5. The quantitative estimate of drug-likeness (QED) is 0.745. The van der Waals surface area contributed by atoms with Crippen molar-refractivity contribution in [2.24, 2.45) is 0 Å². The van der Waals surface area contributed by atoms with E-state index in [1.165, 1.54) is 25.8 Å². The second-order valence-electron chi connectivity index (χ2n) is 5.49. The monoisotopic (exact) mass is 255 g/mol. The molecule has 106 valence electrons. The molecule has 1 atom stereocenters. The van der Waals surface area contributed by atoms with Gasteiger partial charge in [-0.2, -0.15) is 0 Å². The van der Waals surface area contributed by atoms with Crippen LogP contribution in [0.2, 0.25) is 0 Å². The molecule has 1 aliphatic heterocycles. The van der Waals surface area contributed by atoms with Crippen LogP contribution in [-0.4, -0.2) is 62.0 Å². The number of hydrogen-bond donors (Lipinski definition) is 1. The number of nitrogens with one attached hydrogen (secondary N) is 1. The third-order valence-corrected chi connectivity index (χ3v) is 3.55. The molecule has 0 aromatic rings. The Hall–Kier alpha value is -0.610. The Morgan fingerprint density at radius 2 is 2.22 bits per heavy atom. The van der Waals surface area contributed by atoms with Crippen LogP contribution in [0.25, 0.3) is 0 Å². The summed E-state index contributed by atoms with van der Waals surface area (Å²) < 4.78 is 0. The maximum absolute atomic E-state index is 11.5. The van der Waals surface area contributed by atoms with E-state index in [1.807, 2.05) is 14.1 Å². The SMILES string of the molecule is CCCNC1CCCN(CCCC(=O)N(C)C)C1. The molecule has 1 fully saturated rings. The van der Waals surface area contributed by atoms with Crippen LogP contribution in [-0.2, 0) is 4.79 Å². The van der Waals surface area contributed by atoms with Gasteiger partial charge in [-0.1, -0.05) is 6.92 Å². The second kappa shape index (κ2) is 8.48. The van der Waals surface area contributed by atoms with Crippen LogP contribution in [0.3, 0.4) is 0 Å². The standard InChI is InChI=1S/C14H29N3O/c1-4-9-15-13-7-5-10-17(12-13)11-6-8-14(18)16(2)3/h13,15H,4-12H2,1-3H3. The van der Waals surface area contributed by atoms with Crippen molar-refractivity contribution >= 4 is 5.91 Å². The highest BCUT2D eigenvalue weighted by molar-refractivity contribution is 5.75. The molecule has 0 aliphatic carbocycles. The van der Waals surface area contributed by atoms with Gasteiger partial charge in [0.15, 0.2) is 0 Å². The molecule has 4 nitrogen and oxygen atoms in total. The molecule has 1 rings (SSSR count). The van der Waals surface area contributed by atoms with Crippen molar-refractivity contribution in [2.75, 3.05) is 40.3 Å². The summed E-state index contributed by atoms with van der Waals surface area (Å²) in [6.07, 6.45) is 5.44. The van der Waals surface area contributed by atoms with E-state index in [4.69, 9.17) is 0 Å². The minimum atomic E-state index is 0.243. The Balaban J connectivity index is 2.16. The van der Waals surface area contributed by atoms with Crippen molar-refractivity contribution in [3.63, 3.8) is 0 Å². The van der Waals surface area contributed by atoms with Crippen molar-refractivity contribution in [2.45, 2.75) is 45.1 Å². The fraction of sp³-hybridized carbons (Fsp3) is 0.929. The molecule has 1 aliphatic rings. The van der Waals surface area contributed by atoms with Gasteiger partial charge in [0, 0.05) is 33.1 Å². The molecule has 1 heterocycles. The average Bonchev–Trinajstić information content (AvgIpc) is 2.36. The Kier molecular flexibility index (Phi) is 7.28. The molecule has 1 amide bonds. The van der Waals surface area contributed by atoms with Crippen molar-refractivity contribution in [1.82, 2.24) is 15.1 Å². The smallest absolute Gasteiger partial charge is 0.222 e. The highest BCUT2D eigenvalue weighted by atomic mass is 16.2. The first-order valence-electron chi connectivity index (χ1n) is 7.29. The number of hydrogen-bond acceptors (Lipinski definition) is 3. The summed E-state index contributed by atoms with van der Waals surface area (Å²) in [5.41, 5.74) is 0. The van der Waals surface area contributed by atoms with E-state index >= 15 is 0 Å². The van der Waals surface area contributed by atoms with Gasteiger partial charge in [0.25, 0.3) is 0 Å². The third kappa shape index (κ3) is 5.83. The number of piperidine rings is 1. The van der Waals surface area contributed by atoms with Crippen LogP contribution < -0.4 is 5.32 Å². The minimum absolute atomic E-state index is 0.243. The minimum Gasteiger partial charge on any atom is -0.349 e. The van der Waals surface area contributed by atoms with Crippen LogP contribution in [0, 0.1) is 0 Å². The van der Waals surface area contributed by atoms with Crippen LogP contribution >= 0.6 is 0 Å². The van der Waals surface area contributed by atoms with Crippen molar-refractivity contribution in [3.8, 4) is 0 Å². The largest absolute Gasteiger partial charge is 0.349 e. The Labute approximate surface area is 112 Å². The first kappa shape index (κ1) is 15.4. The van der Waals surface area contributed by atoms with E-state index in [0.717, 1.165) is 26.1 Å². The number of nitrogens with zero attached hydrogens (tertiary/aromatic N) is 2. The Morgan fingerprint density at radius 1 is 1.44 bits per heavy atom. The van der Waals surface area contributed by atoms with E-state index in [1.54, 1.807) is 4.90 Å². The number of carbonyl (C=O) groups excluding carboxylic acids is 1. The molecule has 1 unspecified atom stereocenters. The van der Waals surface area contributed by atoms with Crippen LogP contribution in [0.1, 0.15) is 39.0 Å². The summed E-state index contributed by atoms with van der Waals surface area (Å²) >= 11 is 0. The summed E-state index contributed by atoms with van der Waals surface area (Å²) in [4.78, 5) is 15.7. The van der Waals surface area contributed by atoms with Gasteiger partial charge in [-0.3, -0.25) is 4.79 Å². The molecule has 0 aromatic heterocycles. The van der Waals surface area contributed by atoms with Gasteiger partial charge >= 0.3 is 0 Å². The first-order valence-corrected chi connectivity index (χ1v) is 7.29. The summed E-state index contributed by atoms with van der Waals surface area (Å²) in [6.45, 7) is 6.73. The molecule has 0 bridgehead atoms. The molecule has 1 N–H and O–H groups in total. The zero-order valence-corrected chi connectivity index (χ0v) is 12.2. The van der Waals surface area contributed by atoms with Crippen LogP contribution in [0.5, 0.6) is 0 Å². The van der Waals surface area contributed by atoms with Crippen LogP contribution in [0.15, 0.2) is 0 Å². The maximum Gasteiger partial charge on any atom is 0.222 e. The van der Waals surface area contributed by atoms with Crippen molar-refractivity contribution in [1.29, 1.82) is 0 Å². The van der Waals surface area contributed by atoms with Gasteiger partial charge < -0.3 is 15.1 Å². The van der Waals surface area contributed by atoms with Crippen molar-refractivity contribution in [3.05, 3.63) is 0 Å². The Morgan fingerprint density at radius 3 is 2.89 bits per heavy atom. The first-order chi connectivity index (χ1) is 8.63. The molecule has 18 heavy (non-hydrogen) atoms. The predicted octanol–water partition coefficient (Wildman–Crippen LogP) is 1.32. The fourth-order valence-electron chi connectivity index (χ4n) is 2.45. The van der Waals surface area contributed by atoms with Crippen LogP contribution in [0.4, 0.5) is 0 Å². The van der Waals surface area contributed by atoms with E-state index in [-0.39, 0.29) is 5.91 Å². The molecule has 0 saturated carbocycles. The third-order valence-electron chi connectivity index (χ3n) is 3.55. The van der Waals surface area contributed by atoms with E-state index in [2.05, 4.69) is 17.1 Å². The fourth-order valence-corrected chi connectivity index (χ4v) is 2.45. The molecule has 1 saturated heterocycles. The topological polar surface area (TPSA) is 35.6 Å². The average molecular weight is 255 g/mol. The van der Waals surface area contributed by atoms with E-state index in [9.17, 15) is 4.79 Å². The highest BCUT2D eigenvalue weighted by Gasteiger charge is 2.18. The normalized spacial score (nSPS) is 20.9. The molecule has 0 spiro atoms. The summed E-state index contributed by atoms with van der Waals surface area (Å²) in [6, 6.07) is 0.656. The van der Waals surface area contributed by atoms with E-state index in [0.29, 0.717) is 12.5 Å². The van der Waals surface area contributed by atoms with Gasteiger partial charge in [-0.05, 0) is 45.3 Å². The summed E-state index contributed by atoms with van der Waals surface area (Å²) in [7, 11) is 3.65. The molecular formula is C14H29N3O. The van der Waals surface area contributed by atoms with Gasteiger partial charge in [-0.15, -0.1) is 0 Å². The molecule has 0 radical (unpaired) electrons. The van der Waals surface area contributed by atoms with Gasteiger partial charge in [-0.25, -0.2) is 0 Å². The number of likely N-dealkylation sites (tertiary alicyclic amines) is 1. The molecule has 4 heteroatoms. The second-order valence-corrected chi connectivity index (χ2v) is 5.49. The Bertz CT molecular complexity index is 243. The zero-order valence-electron chi connectivity index (χ0n) is 12.2. The lowest BCUT2D eigenvalue weighted by Gasteiger charge is -2.33. The number of amides is 1. The highest BCUT2D eigenvalue weighted by Crippen LogP contribution is 2.11. The van der Waals surface area contributed by atoms with Gasteiger partial charge in [0.05, 0.1) is 0 Å². The zero-order chi connectivity index (χ0) is 13.4. The lowest BCUT2D eigenvalue weighted by Crippen LogP contribution is -2.46. The summed E-state index contributed by atoms with van der Waals surface area (Å²) in [5, 5.41) is 3.60. The van der Waals surface area contributed by atoms with Gasteiger partial charge in [0.1, 0.15) is 0 Å². The lowest BCUT2D eigenvalue weighted by atomic mass is 10.1. The summed E-state index contributed by atoms with van der Waals surface area (Å²) in [5.74, 6) is 0.243. The van der Waals surface area contributed by atoms with Gasteiger partial charge in [0.2, 0.25) is 5.91 Å². The molecule has 0 aromatic carbocycles. The van der Waals surface area contributed by atoms with E-state index < -0.39 is 0 Å². The lowest BCUT2D eigenvalue weighted by molar-refractivity contribution is -0.128. The van der Waals surface area contributed by atoms with Crippen molar-refractivity contribution < 1.29 is 4.79 Å².